The fourth-order valence-corrected chi connectivity index (χ4v) is 3.70. The van der Waals surface area contributed by atoms with Gasteiger partial charge in [0.2, 0.25) is 5.88 Å². The number of nitrogens with zero attached hydrogens (tertiary/aromatic N) is 1. The molecule has 4 rings (SSSR count). The van der Waals surface area contributed by atoms with Crippen molar-refractivity contribution in [3.63, 3.8) is 0 Å². The fourth-order valence-electron chi connectivity index (χ4n) is 3.14. The minimum Gasteiger partial charge on any atom is -0.487 e. The number of carbonyl (C=O) groups excluding carboxylic acids is 1. The van der Waals surface area contributed by atoms with Crippen LogP contribution in [0.2, 0.25) is 0 Å². The van der Waals surface area contributed by atoms with Crippen molar-refractivity contribution in [1.82, 2.24) is 4.98 Å². The Bertz CT molecular complexity index is 1180. The molecule has 0 amide bonds. The van der Waals surface area contributed by atoms with Crippen LogP contribution in [0.3, 0.4) is 0 Å². The highest BCUT2D eigenvalue weighted by Gasteiger charge is 2.25. The van der Waals surface area contributed by atoms with Crippen molar-refractivity contribution in [1.29, 1.82) is 0 Å². The maximum absolute atomic E-state index is 13.2. The fraction of sp³-hybridized carbons (Fsp3) is 0.111. The van der Waals surface area contributed by atoms with Crippen molar-refractivity contribution >= 4 is 28.6 Å². The summed E-state index contributed by atoms with van der Waals surface area (Å²) in [4.78, 5) is 17.6. The van der Waals surface area contributed by atoms with Crippen LogP contribution in [0.1, 0.15) is 27.0 Å². The molecule has 0 atom stereocenters. The zero-order valence-electron chi connectivity index (χ0n) is 17.8. The van der Waals surface area contributed by atoms with Crippen LogP contribution in [0.15, 0.2) is 97.2 Å². The van der Waals surface area contributed by atoms with E-state index in [1.807, 2.05) is 91.0 Å². The van der Waals surface area contributed by atoms with Crippen LogP contribution in [0.4, 0.5) is 0 Å². The molecule has 5 nitrogen and oxygen atoms in total. The predicted octanol–water partition coefficient (Wildman–Crippen LogP) is 6.20. The first kappa shape index (κ1) is 22.8. The molecule has 0 saturated carbocycles. The van der Waals surface area contributed by atoms with Gasteiger partial charge in [-0.05, 0) is 39.3 Å². The molecule has 0 unspecified atom stereocenters. The van der Waals surface area contributed by atoms with Crippen molar-refractivity contribution in [3.8, 4) is 11.6 Å². The summed E-state index contributed by atoms with van der Waals surface area (Å²) >= 11 is 2.11. The summed E-state index contributed by atoms with van der Waals surface area (Å²) in [6.45, 7) is 0.713. The largest absolute Gasteiger partial charge is 0.487 e. The molecule has 3 aromatic carbocycles. The monoisotopic (exact) mass is 551 g/mol. The first-order valence-electron chi connectivity index (χ1n) is 10.4. The van der Waals surface area contributed by atoms with Gasteiger partial charge < -0.3 is 14.2 Å². The lowest BCUT2D eigenvalue weighted by molar-refractivity contribution is 0.0460. The average molecular weight is 551 g/mol. The molecule has 4 aromatic rings. The Morgan fingerprint density at radius 1 is 0.697 bits per heavy atom. The molecule has 0 bridgehead atoms. The number of benzene rings is 3. The second-order valence-electron chi connectivity index (χ2n) is 7.23. The molecule has 0 radical (unpaired) electrons. The number of pyridine rings is 1. The van der Waals surface area contributed by atoms with Gasteiger partial charge in [-0.15, -0.1) is 0 Å². The van der Waals surface area contributed by atoms with Crippen molar-refractivity contribution in [2.75, 3.05) is 0 Å². The second kappa shape index (κ2) is 11.5. The second-order valence-corrected chi connectivity index (χ2v) is 8.39. The van der Waals surface area contributed by atoms with E-state index < -0.39 is 5.97 Å². The highest BCUT2D eigenvalue weighted by Crippen LogP contribution is 2.33. The topological polar surface area (TPSA) is 57.7 Å². The quantitative estimate of drug-likeness (QED) is 0.183. The number of halogens is 1. The summed E-state index contributed by atoms with van der Waals surface area (Å²) in [6, 6.07) is 29.0. The van der Waals surface area contributed by atoms with Crippen molar-refractivity contribution in [2.24, 2.45) is 0 Å². The minimum atomic E-state index is -0.545. The number of esters is 1. The third kappa shape index (κ3) is 6.32. The zero-order valence-corrected chi connectivity index (χ0v) is 20.0. The van der Waals surface area contributed by atoms with Crippen LogP contribution < -0.4 is 9.47 Å². The molecule has 6 heteroatoms. The van der Waals surface area contributed by atoms with E-state index in [9.17, 15) is 4.79 Å². The summed E-state index contributed by atoms with van der Waals surface area (Å²) in [5.74, 6) is 0.0342. The lowest BCUT2D eigenvalue weighted by atomic mass is 10.2. The summed E-state index contributed by atoms with van der Waals surface area (Å²) in [7, 11) is 0. The molecule has 0 saturated heterocycles. The van der Waals surface area contributed by atoms with E-state index in [0.29, 0.717) is 15.9 Å². The number of aromatic nitrogens is 1. The van der Waals surface area contributed by atoms with Crippen LogP contribution >= 0.6 is 22.6 Å². The Hall–Kier alpha value is -3.39. The number of rotatable bonds is 9. The third-order valence-electron chi connectivity index (χ3n) is 4.81. The Balaban J connectivity index is 1.60. The highest BCUT2D eigenvalue weighted by molar-refractivity contribution is 14.1. The molecular weight excluding hydrogens is 529 g/mol. The summed E-state index contributed by atoms with van der Waals surface area (Å²) in [5, 5.41) is 0. The standard InChI is InChI=1S/C27H22INO4/c28-23-16-29-26(32-18-21-12-6-2-7-13-21)24(25(23)31-17-20-10-4-1-5-11-20)27(30)33-19-22-14-8-3-9-15-22/h1-16H,17-19H2. The number of carbonyl (C=O) groups is 1. The van der Waals surface area contributed by atoms with Crippen LogP contribution in [-0.2, 0) is 24.6 Å². The van der Waals surface area contributed by atoms with Gasteiger partial charge in [0, 0.05) is 6.20 Å². The van der Waals surface area contributed by atoms with E-state index in [0.717, 1.165) is 16.7 Å². The molecular formula is C27H22INO4. The van der Waals surface area contributed by atoms with Crippen molar-refractivity contribution in [2.45, 2.75) is 19.8 Å². The number of ether oxygens (including phenoxy) is 3. The third-order valence-corrected chi connectivity index (χ3v) is 5.58. The first-order valence-corrected chi connectivity index (χ1v) is 11.5. The average Bonchev–Trinajstić information content (AvgIpc) is 2.87. The van der Waals surface area contributed by atoms with Gasteiger partial charge in [0.1, 0.15) is 19.8 Å². The molecule has 0 aliphatic carbocycles. The molecule has 166 valence electrons. The van der Waals surface area contributed by atoms with Gasteiger partial charge in [0.25, 0.3) is 0 Å². The molecule has 0 aliphatic heterocycles. The Labute approximate surface area is 206 Å². The molecule has 0 fully saturated rings. The lowest BCUT2D eigenvalue weighted by Gasteiger charge is -2.16. The van der Waals surface area contributed by atoms with Crippen LogP contribution in [-0.4, -0.2) is 11.0 Å². The van der Waals surface area contributed by atoms with Gasteiger partial charge in [0.15, 0.2) is 11.3 Å². The summed E-state index contributed by atoms with van der Waals surface area (Å²) in [5.41, 5.74) is 3.03. The summed E-state index contributed by atoms with van der Waals surface area (Å²) < 4.78 is 18.3. The molecule has 33 heavy (non-hydrogen) atoms. The van der Waals surface area contributed by atoms with Gasteiger partial charge in [-0.2, -0.15) is 0 Å². The summed E-state index contributed by atoms with van der Waals surface area (Å²) in [6.07, 6.45) is 1.63. The number of hydrogen-bond donors (Lipinski definition) is 0. The normalized spacial score (nSPS) is 10.5. The Morgan fingerprint density at radius 3 is 1.73 bits per heavy atom. The first-order chi connectivity index (χ1) is 16.2. The van der Waals surface area contributed by atoms with Crippen molar-refractivity contribution < 1.29 is 19.0 Å². The van der Waals surface area contributed by atoms with E-state index in [4.69, 9.17) is 14.2 Å². The van der Waals surface area contributed by atoms with Gasteiger partial charge in [-0.3, -0.25) is 0 Å². The van der Waals surface area contributed by atoms with E-state index in [1.54, 1.807) is 6.20 Å². The van der Waals surface area contributed by atoms with Gasteiger partial charge in [0.05, 0.1) is 3.57 Å². The maximum atomic E-state index is 13.2. The molecule has 0 N–H and O–H groups in total. The lowest BCUT2D eigenvalue weighted by Crippen LogP contribution is -2.13. The molecule has 0 spiro atoms. The maximum Gasteiger partial charge on any atom is 0.347 e. The Morgan fingerprint density at radius 2 is 1.18 bits per heavy atom. The smallest absolute Gasteiger partial charge is 0.347 e. The van der Waals surface area contributed by atoms with E-state index in [-0.39, 0.29) is 24.7 Å². The van der Waals surface area contributed by atoms with Crippen molar-refractivity contribution in [3.05, 3.63) is 123 Å². The molecule has 0 aliphatic rings. The van der Waals surface area contributed by atoms with Gasteiger partial charge >= 0.3 is 5.97 Å². The van der Waals surface area contributed by atoms with Crippen LogP contribution in [0.25, 0.3) is 0 Å². The predicted molar refractivity (Wildman–Crippen MR) is 134 cm³/mol. The Kier molecular flexibility index (Phi) is 7.92. The zero-order chi connectivity index (χ0) is 22.9. The molecule has 1 aromatic heterocycles. The number of hydrogen-bond acceptors (Lipinski definition) is 5. The highest BCUT2D eigenvalue weighted by atomic mass is 127. The van der Waals surface area contributed by atoms with Gasteiger partial charge in [-0.25, -0.2) is 9.78 Å². The van der Waals surface area contributed by atoms with Gasteiger partial charge in [-0.1, -0.05) is 91.0 Å². The van der Waals surface area contributed by atoms with E-state index >= 15 is 0 Å². The van der Waals surface area contributed by atoms with E-state index in [2.05, 4.69) is 27.6 Å². The van der Waals surface area contributed by atoms with Crippen LogP contribution in [0.5, 0.6) is 11.6 Å². The minimum absolute atomic E-state index is 0.140. The van der Waals surface area contributed by atoms with E-state index in [1.165, 1.54) is 0 Å². The van der Waals surface area contributed by atoms with Crippen LogP contribution in [0, 0.1) is 3.57 Å². The molecule has 1 heterocycles. The SMILES string of the molecule is O=C(OCc1ccccc1)c1c(OCc2ccccc2)ncc(I)c1OCc1ccccc1.